The van der Waals surface area contributed by atoms with Gasteiger partial charge in [0.05, 0.1) is 28.1 Å². The van der Waals surface area contributed by atoms with Crippen LogP contribution in [0.15, 0.2) is 40.6 Å². The number of anilines is 1. The molecule has 2 aromatic rings. The van der Waals surface area contributed by atoms with E-state index >= 15 is 0 Å². The Kier molecular flexibility index (Phi) is 6.52. The normalized spacial score (nSPS) is 16.5. The van der Waals surface area contributed by atoms with Gasteiger partial charge in [-0.2, -0.15) is 9.57 Å². The molecular weight excluding hydrogens is 426 g/mol. The van der Waals surface area contributed by atoms with Crippen molar-refractivity contribution in [1.29, 1.82) is 5.26 Å². The lowest BCUT2D eigenvalue weighted by Crippen LogP contribution is -2.53. The van der Waals surface area contributed by atoms with E-state index < -0.39 is 22.0 Å². The Labute approximate surface area is 178 Å². The molecule has 1 saturated heterocycles. The van der Waals surface area contributed by atoms with E-state index in [1.165, 1.54) is 39.9 Å². The summed E-state index contributed by atoms with van der Waals surface area (Å²) in [6.45, 7) is 2.99. The fraction of sp³-hybridized carbons (Fsp3) is 0.316. The molecule has 2 heterocycles. The van der Waals surface area contributed by atoms with E-state index in [0.717, 1.165) is 0 Å². The van der Waals surface area contributed by atoms with Gasteiger partial charge in [-0.15, -0.1) is 11.3 Å². The van der Waals surface area contributed by atoms with Gasteiger partial charge in [-0.3, -0.25) is 14.5 Å². The third-order valence-corrected chi connectivity index (χ3v) is 7.73. The first-order valence-electron chi connectivity index (χ1n) is 9.16. The summed E-state index contributed by atoms with van der Waals surface area (Å²) in [5.41, 5.74) is 5.96. The van der Waals surface area contributed by atoms with Crippen molar-refractivity contribution in [2.75, 3.05) is 31.5 Å². The van der Waals surface area contributed by atoms with Crippen LogP contribution in [0.4, 0.5) is 5.00 Å². The van der Waals surface area contributed by atoms with Crippen molar-refractivity contribution in [3.8, 4) is 6.07 Å². The molecule has 1 aromatic carbocycles. The van der Waals surface area contributed by atoms with Crippen LogP contribution >= 0.6 is 11.3 Å². The maximum absolute atomic E-state index is 12.8. The summed E-state index contributed by atoms with van der Waals surface area (Å²) in [5, 5.41) is 13.7. The molecule has 158 valence electrons. The van der Waals surface area contributed by atoms with Gasteiger partial charge < -0.3 is 11.1 Å². The first-order valence-corrected chi connectivity index (χ1v) is 11.5. The number of primary amides is 1. The predicted molar refractivity (Wildman–Crippen MR) is 112 cm³/mol. The highest BCUT2D eigenvalue weighted by Crippen LogP contribution is 2.24. The number of nitrogens with one attached hydrogen (secondary N) is 1. The summed E-state index contributed by atoms with van der Waals surface area (Å²) in [6, 6.07) is 8.80. The zero-order chi connectivity index (χ0) is 21.9. The number of rotatable bonds is 6. The van der Waals surface area contributed by atoms with E-state index in [4.69, 9.17) is 11.0 Å². The van der Waals surface area contributed by atoms with Crippen LogP contribution in [0.25, 0.3) is 0 Å². The smallest absolute Gasteiger partial charge is 0.251 e. The lowest BCUT2D eigenvalue weighted by molar-refractivity contribution is -0.121. The molecule has 1 atom stereocenters. The first-order chi connectivity index (χ1) is 14.2. The van der Waals surface area contributed by atoms with Crippen LogP contribution in [0.3, 0.4) is 0 Å². The van der Waals surface area contributed by atoms with Gasteiger partial charge in [0.25, 0.3) is 5.91 Å². The minimum Gasteiger partial charge on any atom is -0.366 e. The van der Waals surface area contributed by atoms with Gasteiger partial charge in [0.1, 0.15) is 5.00 Å². The molecule has 0 saturated carbocycles. The van der Waals surface area contributed by atoms with Crippen LogP contribution in [-0.2, 0) is 14.8 Å². The van der Waals surface area contributed by atoms with E-state index in [1.807, 2.05) is 11.0 Å². The van der Waals surface area contributed by atoms with Crippen LogP contribution in [0, 0.1) is 11.3 Å². The minimum atomic E-state index is -3.67. The molecule has 0 aliphatic carbocycles. The van der Waals surface area contributed by atoms with Gasteiger partial charge >= 0.3 is 0 Å². The average Bonchev–Trinajstić information content (AvgIpc) is 3.21. The van der Waals surface area contributed by atoms with E-state index in [2.05, 4.69) is 5.32 Å². The largest absolute Gasteiger partial charge is 0.366 e. The van der Waals surface area contributed by atoms with Gasteiger partial charge in [-0.05, 0) is 42.6 Å². The Morgan fingerprint density at radius 1 is 1.17 bits per heavy atom. The molecule has 2 amide bonds. The standard InChI is InChI=1S/C19H21N5O4S2/c1-13(18(26)22-19-16(17(21)25)6-11-29-19)23-7-9-24(10-8-23)30(27,28)15-4-2-14(12-20)3-5-15/h2-6,11,13H,7-10H2,1H3,(H2,21,25)(H,22,26)/t13-/m0/s1. The fourth-order valence-electron chi connectivity index (χ4n) is 3.16. The Balaban J connectivity index is 1.61. The summed E-state index contributed by atoms with van der Waals surface area (Å²) < 4.78 is 27.0. The van der Waals surface area contributed by atoms with Crippen LogP contribution in [0.2, 0.25) is 0 Å². The number of amides is 2. The molecule has 0 unspecified atom stereocenters. The Bertz CT molecular complexity index is 1080. The Morgan fingerprint density at radius 2 is 1.80 bits per heavy atom. The Morgan fingerprint density at radius 3 is 2.37 bits per heavy atom. The fourth-order valence-corrected chi connectivity index (χ4v) is 5.38. The van der Waals surface area contributed by atoms with Crippen molar-refractivity contribution in [2.45, 2.75) is 17.9 Å². The van der Waals surface area contributed by atoms with Crippen LogP contribution in [-0.4, -0.2) is 61.7 Å². The summed E-state index contributed by atoms with van der Waals surface area (Å²) in [5.74, 6) is -0.899. The zero-order valence-electron chi connectivity index (χ0n) is 16.2. The number of sulfonamides is 1. The van der Waals surface area contributed by atoms with Crippen molar-refractivity contribution in [1.82, 2.24) is 9.21 Å². The maximum atomic E-state index is 12.8. The molecular formula is C19H21N5O4S2. The predicted octanol–water partition coefficient (Wildman–Crippen LogP) is 1.05. The molecule has 1 fully saturated rings. The van der Waals surface area contributed by atoms with Crippen LogP contribution in [0.1, 0.15) is 22.8 Å². The SMILES string of the molecule is C[C@@H](C(=O)Nc1sccc1C(N)=O)N1CCN(S(=O)(=O)c2ccc(C#N)cc2)CC1. The summed E-state index contributed by atoms with van der Waals surface area (Å²) in [6.07, 6.45) is 0. The second kappa shape index (κ2) is 8.93. The second-order valence-corrected chi connectivity index (χ2v) is 9.62. The number of nitrogens with two attached hydrogens (primary N) is 1. The molecule has 1 aliphatic rings. The number of hydrogen-bond donors (Lipinski definition) is 2. The maximum Gasteiger partial charge on any atom is 0.251 e. The van der Waals surface area contributed by atoms with E-state index in [-0.39, 0.29) is 29.5 Å². The molecule has 0 radical (unpaired) electrons. The molecule has 0 spiro atoms. The minimum absolute atomic E-state index is 0.136. The molecule has 9 nitrogen and oxygen atoms in total. The molecule has 0 bridgehead atoms. The topological polar surface area (TPSA) is 137 Å². The highest BCUT2D eigenvalue weighted by atomic mass is 32.2. The molecule has 1 aromatic heterocycles. The molecule has 1 aliphatic heterocycles. The summed E-state index contributed by atoms with van der Waals surface area (Å²) in [4.78, 5) is 26.0. The lowest BCUT2D eigenvalue weighted by atomic mass is 10.2. The number of piperazine rings is 1. The molecule has 30 heavy (non-hydrogen) atoms. The quantitative estimate of drug-likeness (QED) is 0.679. The van der Waals surface area contributed by atoms with Gasteiger partial charge in [0.2, 0.25) is 15.9 Å². The number of thiophene rings is 1. The van der Waals surface area contributed by atoms with Gasteiger partial charge in [0, 0.05) is 26.2 Å². The average molecular weight is 448 g/mol. The molecule has 3 rings (SSSR count). The van der Waals surface area contributed by atoms with Crippen molar-refractivity contribution < 1.29 is 18.0 Å². The Hall–Kier alpha value is -2.78. The second-order valence-electron chi connectivity index (χ2n) is 6.77. The monoisotopic (exact) mass is 447 g/mol. The number of carbonyl (C=O) groups excluding carboxylic acids is 2. The highest BCUT2D eigenvalue weighted by molar-refractivity contribution is 7.89. The highest BCUT2D eigenvalue weighted by Gasteiger charge is 2.32. The van der Waals surface area contributed by atoms with E-state index in [0.29, 0.717) is 23.7 Å². The summed E-state index contributed by atoms with van der Waals surface area (Å²) >= 11 is 1.22. The van der Waals surface area contributed by atoms with Crippen molar-refractivity contribution in [2.24, 2.45) is 5.73 Å². The van der Waals surface area contributed by atoms with Gasteiger partial charge in [-0.25, -0.2) is 8.42 Å². The van der Waals surface area contributed by atoms with E-state index in [1.54, 1.807) is 18.4 Å². The summed E-state index contributed by atoms with van der Waals surface area (Å²) in [7, 11) is -3.67. The van der Waals surface area contributed by atoms with Crippen LogP contribution in [0.5, 0.6) is 0 Å². The lowest BCUT2D eigenvalue weighted by Gasteiger charge is -2.36. The number of hydrogen-bond acceptors (Lipinski definition) is 7. The number of benzene rings is 1. The molecule has 3 N–H and O–H groups in total. The van der Waals surface area contributed by atoms with Crippen LogP contribution < -0.4 is 11.1 Å². The molecule has 11 heteroatoms. The third kappa shape index (κ3) is 4.52. The first kappa shape index (κ1) is 21.9. The number of carbonyl (C=O) groups is 2. The third-order valence-electron chi connectivity index (χ3n) is 4.99. The van der Waals surface area contributed by atoms with Gasteiger partial charge in [-0.1, -0.05) is 0 Å². The van der Waals surface area contributed by atoms with Crippen molar-refractivity contribution in [3.63, 3.8) is 0 Å². The number of nitrogens with zero attached hydrogens (tertiary/aromatic N) is 3. The van der Waals surface area contributed by atoms with E-state index in [9.17, 15) is 18.0 Å². The van der Waals surface area contributed by atoms with Crippen molar-refractivity contribution in [3.05, 3.63) is 46.8 Å². The number of nitriles is 1. The zero-order valence-corrected chi connectivity index (χ0v) is 17.9. The van der Waals surface area contributed by atoms with Gasteiger partial charge in [0.15, 0.2) is 0 Å². The van der Waals surface area contributed by atoms with Crippen molar-refractivity contribution >= 4 is 38.2 Å².